The fourth-order valence-corrected chi connectivity index (χ4v) is 1.85. The molecule has 2 rings (SSSR count). The van der Waals surface area contributed by atoms with Gasteiger partial charge in [0.25, 0.3) is 0 Å². The van der Waals surface area contributed by atoms with Crippen LogP contribution in [-0.2, 0) is 4.74 Å². The van der Waals surface area contributed by atoms with Crippen molar-refractivity contribution in [3.05, 3.63) is 22.8 Å². The summed E-state index contributed by atoms with van der Waals surface area (Å²) in [6, 6.07) is 1.34. The van der Waals surface area contributed by atoms with Crippen LogP contribution in [0.15, 0.2) is 12.3 Å². The van der Waals surface area contributed by atoms with E-state index in [-0.39, 0.29) is 16.5 Å². The lowest BCUT2D eigenvalue weighted by molar-refractivity contribution is 0.0696. The molecule has 1 fully saturated rings. The average molecular weight is 258 g/mol. The summed E-state index contributed by atoms with van der Waals surface area (Å²) in [5, 5.41) is 8.92. The van der Waals surface area contributed by atoms with Gasteiger partial charge in [-0.15, -0.1) is 0 Å². The van der Waals surface area contributed by atoms with Crippen molar-refractivity contribution in [1.82, 2.24) is 4.98 Å². The third kappa shape index (κ3) is 2.87. The molecule has 1 N–H and O–H groups in total. The van der Waals surface area contributed by atoms with Crippen molar-refractivity contribution < 1.29 is 19.4 Å². The second kappa shape index (κ2) is 5.33. The van der Waals surface area contributed by atoms with Crippen molar-refractivity contribution in [3.8, 4) is 5.88 Å². The monoisotopic (exact) mass is 257 g/mol. The zero-order chi connectivity index (χ0) is 12.3. The van der Waals surface area contributed by atoms with Gasteiger partial charge in [-0.05, 0) is 12.5 Å². The Morgan fingerprint density at radius 1 is 1.71 bits per heavy atom. The van der Waals surface area contributed by atoms with Crippen LogP contribution in [-0.4, -0.2) is 35.9 Å². The van der Waals surface area contributed by atoms with Crippen molar-refractivity contribution >= 4 is 17.6 Å². The highest BCUT2D eigenvalue weighted by Crippen LogP contribution is 2.26. The topological polar surface area (TPSA) is 68.7 Å². The molecule has 1 unspecified atom stereocenters. The number of hydrogen-bond donors (Lipinski definition) is 1. The zero-order valence-corrected chi connectivity index (χ0v) is 9.81. The number of pyridine rings is 1. The second-order valence-electron chi connectivity index (χ2n) is 3.82. The summed E-state index contributed by atoms with van der Waals surface area (Å²) in [6.07, 6.45) is 2.31. The molecular formula is C11H12ClNO4. The SMILES string of the molecule is O=C(O)c1ccnc(OCC2CCOC2)c1Cl. The Balaban J connectivity index is 2.04. The molecule has 5 nitrogen and oxygen atoms in total. The van der Waals surface area contributed by atoms with Crippen LogP contribution in [0.25, 0.3) is 0 Å². The maximum absolute atomic E-state index is 10.8. The molecule has 0 saturated carbocycles. The van der Waals surface area contributed by atoms with Gasteiger partial charge in [0.1, 0.15) is 5.02 Å². The first-order chi connectivity index (χ1) is 8.18. The van der Waals surface area contributed by atoms with Gasteiger partial charge in [0.15, 0.2) is 0 Å². The van der Waals surface area contributed by atoms with Crippen LogP contribution in [0.2, 0.25) is 5.02 Å². The van der Waals surface area contributed by atoms with E-state index in [1.165, 1.54) is 12.3 Å². The molecule has 0 amide bonds. The highest BCUT2D eigenvalue weighted by molar-refractivity contribution is 6.34. The van der Waals surface area contributed by atoms with Crippen LogP contribution in [0.5, 0.6) is 5.88 Å². The highest BCUT2D eigenvalue weighted by Gasteiger charge is 2.19. The number of carboxylic acid groups (broad SMARTS) is 1. The van der Waals surface area contributed by atoms with Crippen LogP contribution < -0.4 is 4.74 Å². The Labute approximate surface area is 103 Å². The minimum absolute atomic E-state index is 0.000612. The van der Waals surface area contributed by atoms with Gasteiger partial charge in [-0.2, -0.15) is 0 Å². The van der Waals surface area contributed by atoms with E-state index >= 15 is 0 Å². The van der Waals surface area contributed by atoms with Gasteiger partial charge in [-0.25, -0.2) is 9.78 Å². The molecule has 0 aromatic carbocycles. The molecule has 0 radical (unpaired) electrons. The third-order valence-electron chi connectivity index (χ3n) is 2.57. The number of nitrogens with zero attached hydrogens (tertiary/aromatic N) is 1. The van der Waals surface area contributed by atoms with Crippen molar-refractivity contribution in [2.24, 2.45) is 5.92 Å². The summed E-state index contributed by atoms with van der Waals surface area (Å²) in [6.45, 7) is 1.84. The lowest BCUT2D eigenvalue weighted by atomic mass is 10.1. The lowest BCUT2D eigenvalue weighted by Crippen LogP contribution is -2.13. The molecule has 0 aliphatic carbocycles. The molecule has 0 bridgehead atoms. The largest absolute Gasteiger partial charge is 0.478 e. The summed E-state index contributed by atoms with van der Waals surface area (Å²) < 4.78 is 10.6. The van der Waals surface area contributed by atoms with E-state index in [0.29, 0.717) is 19.1 Å². The van der Waals surface area contributed by atoms with Crippen LogP contribution >= 0.6 is 11.6 Å². The highest BCUT2D eigenvalue weighted by atomic mass is 35.5. The van der Waals surface area contributed by atoms with Crippen LogP contribution in [0.3, 0.4) is 0 Å². The van der Waals surface area contributed by atoms with Crippen molar-refractivity contribution in [2.75, 3.05) is 19.8 Å². The molecule has 1 aliphatic rings. The fourth-order valence-electron chi connectivity index (χ4n) is 1.60. The van der Waals surface area contributed by atoms with E-state index in [2.05, 4.69) is 4.98 Å². The number of aromatic carboxylic acids is 1. The van der Waals surface area contributed by atoms with E-state index in [0.717, 1.165) is 13.0 Å². The Morgan fingerprint density at radius 3 is 3.18 bits per heavy atom. The predicted octanol–water partition coefficient (Wildman–Crippen LogP) is 1.85. The average Bonchev–Trinajstić information content (AvgIpc) is 2.80. The minimum Gasteiger partial charge on any atom is -0.478 e. The van der Waals surface area contributed by atoms with E-state index < -0.39 is 5.97 Å². The Bertz CT molecular complexity index is 418. The van der Waals surface area contributed by atoms with Gasteiger partial charge in [-0.3, -0.25) is 0 Å². The van der Waals surface area contributed by atoms with Crippen molar-refractivity contribution in [2.45, 2.75) is 6.42 Å². The van der Waals surface area contributed by atoms with E-state index in [4.69, 9.17) is 26.2 Å². The molecule has 0 spiro atoms. The molecule has 17 heavy (non-hydrogen) atoms. The fraction of sp³-hybridized carbons (Fsp3) is 0.455. The summed E-state index contributed by atoms with van der Waals surface area (Å²) in [5.41, 5.74) is -0.000612. The summed E-state index contributed by atoms with van der Waals surface area (Å²) in [7, 11) is 0. The molecule has 1 atom stereocenters. The first-order valence-corrected chi connectivity index (χ1v) is 5.64. The number of carbonyl (C=O) groups is 1. The van der Waals surface area contributed by atoms with Crippen molar-refractivity contribution in [3.63, 3.8) is 0 Å². The Morgan fingerprint density at radius 2 is 2.53 bits per heavy atom. The number of rotatable bonds is 4. The van der Waals surface area contributed by atoms with Gasteiger partial charge >= 0.3 is 5.97 Å². The standard InChI is InChI=1S/C11H12ClNO4/c12-9-8(11(14)15)1-3-13-10(9)17-6-7-2-4-16-5-7/h1,3,7H,2,4-6H2,(H,14,15). The first kappa shape index (κ1) is 12.1. The van der Waals surface area contributed by atoms with Crippen LogP contribution in [0, 0.1) is 5.92 Å². The minimum atomic E-state index is -1.09. The third-order valence-corrected chi connectivity index (χ3v) is 2.93. The molecule has 2 heterocycles. The number of hydrogen-bond acceptors (Lipinski definition) is 4. The summed E-state index contributed by atoms with van der Waals surface area (Å²) in [4.78, 5) is 14.8. The molecule has 6 heteroatoms. The summed E-state index contributed by atoms with van der Waals surface area (Å²) >= 11 is 5.89. The first-order valence-electron chi connectivity index (χ1n) is 5.27. The quantitative estimate of drug-likeness (QED) is 0.891. The summed E-state index contributed by atoms with van der Waals surface area (Å²) in [5.74, 6) is -0.605. The normalized spacial score (nSPS) is 19.2. The molecular weight excluding hydrogens is 246 g/mol. The predicted molar refractivity (Wildman–Crippen MR) is 60.6 cm³/mol. The van der Waals surface area contributed by atoms with Gasteiger partial charge in [0.05, 0.1) is 18.8 Å². The Hall–Kier alpha value is -1.33. The molecule has 1 aliphatic heterocycles. The zero-order valence-electron chi connectivity index (χ0n) is 9.06. The van der Waals surface area contributed by atoms with Gasteiger partial charge in [0, 0.05) is 18.7 Å². The lowest BCUT2D eigenvalue weighted by Gasteiger charge is -2.11. The maximum atomic E-state index is 10.8. The molecule has 92 valence electrons. The number of halogens is 1. The smallest absolute Gasteiger partial charge is 0.337 e. The van der Waals surface area contributed by atoms with Crippen LogP contribution in [0.1, 0.15) is 16.8 Å². The van der Waals surface area contributed by atoms with E-state index in [1.54, 1.807) is 0 Å². The van der Waals surface area contributed by atoms with E-state index in [9.17, 15) is 4.79 Å². The van der Waals surface area contributed by atoms with Gasteiger partial charge in [0.2, 0.25) is 5.88 Å². The van der Waals surface area contributed by atoms with Crippen molar-refractivity contribution in [1.29, 1.82) is 0 Å². The Kier molecular flexibility index (Phi) is 3.81. The number of ether oxygens (including phenoxy) is 2. The molecule has 1 saturated heterocycles. The number of aromatic nitrogens is 1. The molecule has 1 aromatic heterocycles. The van der Waals surface area contributed by atoms with Gasteiger partial charge < -0.3 is 14.6 Å². The maximum Gasteiger partial charge on any atom is 0.337 e. The van der Waals surface area contributed by atoms with E-state index in [1.807, 2.05) is 0 Å². The second-order valence-corrected chi connectivity index (χ2v) is 4.20. The van der Waals surface area contributed by atoms with Gasteiger partial charge in [-0.1, -0.05) is 11.6 Å². The number of carboxylic acids is 1. The molecule has 1 aromatic rings. The van der Waals surface area contributed by atoms with Crippen LogP contribution in [0.4, 0.5) is 0 Å².